The van der Waals surface area contributed by atoms with Gasteiger partial charge in [0.25, 0.3) is 0 Å². The third kappa shape index (κ3) is 3.40. The SMILES string of the molecule is O=C(NCc1nc2c(s1)COCC2)Nc1cnc2c(c1)COCC2. The Labute approximate surface area is 143 Å². The average molecular weight is 346 g/mol. The number of amides is 2. The van der Waals surface area contributed by atoms with Crippen LogP contribution in [0.3, 0.4) is 0 Å². The number of ether oxygens (including phenoxy) is 2. The number of hydrogen-bond acceptors (Lipinski definition) is 6. The molecular formula is C16H18N4O3S. The molecule has 0 bridgehead atoms. The Hall–Kier alpha value is -2.03. The molecule has 7 nitrogen and oxygen atoms in total. The van der Waals surface area contributed by atoms with E-state index < -0.39 is 0 Å². The molecule has 2 aromatic heterocycles. The zero-order valence-corrected chi connectivity index (χ0v) is 13.9. The number of carbonyl (C=O) groups is 1. The second-order valence-corrected chi connectivity index (χ2v) is 6.89. The van der Waals surface area contributed by atoms with Gasteiger partial charge in [-0.05, 0) is 6.07 Å². The molecule has 24 heavy (non-hydrogen) atoms. The number of anilines is 1. The molecule has 0 saturated heterocycles. The van der Waals surface area contributed by atoms with Gasteiger partial charge in [-0.3, -0.25) is 4.98 Å². The number of thiazole rings is 1. The van der Waals surface area contributed by atoms with Crippen LogP contribution < -0.4 is 10.6 Å². The van der Waals surface area contributed by atoms with E-state index in [9.17, 15) is 4.79 Å². The minimum absolute atomic E-state index is 0.266. The zero-order valence-electron chi connectivity index (χ0n) is 13.1. The molecule has 2 aliphatic rings. The fourth-order valence-corrected chi connectivity index (χ4v) is 3.79. The van der Waals surface area contributed by atoms with Gasteiger partial charge in [-0.15, -0.1) is 11.3 Å². The molecule has 0 spiro atoms. The van der Waals surface area contributed by atoms with E-state index in [2.05, 4.69) is 20.6 Å². The summed E-state index contributed by atoms with van der Waals surface area (Å²) in [6.07, 6.45) is 3.35. The molecule has 2 amide bonds. The third-order valence-electron chi connectivity index (χ3n) is 4.00. The number of urea groups is 1. The number of nitrogens with zero attached hydrogens (tertiary/aromatic N) is 2. The van der Waals surface area contributed by atoms with Crippen molar-refractivity contribution in [3.63, 3.8) is 0 Å². The Bertz CT molecular complexity index is 738. The van der Waals surface area contributed by atoms with E-state index in [0.29, 0.717) is 32.1 Å². The van der Waals surface area contributed by atoms with Gasteiger partial charge in [0.2, 0.25) is 0 Å². The van der Waals surface area contributed by atoms with Crippen LogP contribution in [0.5, 0.6) is 0 Å². The summed E-state index contributed by atoms with van der Waals surface area (Å²) in [7, 11) is 0. The van der Waals surface area contributed by atoms with Crippen LogP contribution in [0.15, 0.2) is 12.3 Å². The Morgan fingerprint density at radius 2 is 2.04 bits per heavy atom. The highest BCUT2D eigenvalue weighted by Gasteiger charge is 2.16. The quantitative estimate of drug-likeness (QED) is 0.888. The fraction of sp³-hybridized carbons (Fsp3) is 0.438. The Morgan fingerprint density at radius 1 is 1.21 bits per heavy atom. The molecule has 0 saturated carbocycles. The standard InChI is InChI=1S/C16H18N4O3S/c21-16(18-7-15-20-13-2-4-23-9-14(13)24-15)19-11-5-10-8-22-3-1-12(10)17-6-11/h5-6H,1-4,7-9H2,(H2,18,19,21). The number of carbonyl (C=O) groups excluding carboxylic acids is 1. The van der Waals surface area contributed by atoms with Gasteiger partial charge in [-0.2, -0.15) is 0 Å². The summed E-state index contributed by atoms with van der Waals surface area (Å²) in [6.45, 7) is 3.01. The number of rotatable bonds is 3. The van der Waals surface area contributed by atoms with Crippen molar-refractivity contribution in [3.05, 3.63) is 39.1 Å². The minimum Gasteiger partial charge on any atom is -0.376 e. The lowest BCUT2D eigenvalue weighted by atomic mass is 10.1. The van der Waals surface area contributed by atoms with Crippen LogP contribution in [0.1, 0.15) is 26.8 Å². The zero-order chi connectivity index (χ0) is 16.4. The van der Waals surface area contributed by atoms with Gasteiger partial charge in [0.05, 0.1) is 55.4 Å². The molecule has 0 unspecified atom stereocenters. The summed E-state index contributed by atoms with van der Waals surface area (Å²) in [6, 6.07) is 1.65. The first-order valence-electron chi connectivity index (χ1n) is 7.93. The van der Waals surface area contributed by atoms with Crippen molar-refractivity contribution in [2.45, 2.75) is 32.6 Å². The number of nitrogens with one attached hydrogen (secondary N) is 2. The van der Waals surface area contributed by atoms with Gasteiger partial charge in [0.1, 0.15) is 5.01 Å². The van der Waals surface area contributed by atoms with Crippen molar-refractivity contribution >= 4 is 23.1 Å². The van der Waals surface area contributed by atoms with E-state index in [-0.39, 0.29) is 6.03 Å². The maximum atomic E-state index is 12.1. The van der Waals surface area contributed by atoms with Crippen molar-refractivity contribution in [2.24, 2.45) is 0 Å². The van der Waals surface area contributed by atoms with Crippen LogP contribution >= 0.6 is 11.3 Å². The molecule has 0 fully saturated rings. The summed E-state index contributed by atoms with van der Waals surface area (Å²) in [5.41, 5.74) is 3.85. The van der Waals surface area contributed by atoms with Gasteiger partial charge in [-0.25, -0.2) is 9.78 Å². The van der Waals surface area contributed by atoms with E-state index in [1.165, 1.54) is 0 Å². The maximum absolute atomic E-state index is 12.1. The maximum Gasteiger partial charge on any atom is 0.319 e. The van der Waals surface area contributed by atoms with Gasteiger partial charge in [0.15, 0.2) is 0 Å². The van der Waals surface area contributed by atoms with Crippen molar-refractivity contribution in [1.82, 2.24) is 15.3 Å². The molecule has 2 aromatic rings. The Kier molecular flexibility index (Phi) is 4.42. The first kappa shape index (κ1) is 15.5. The van der Waals surface area contributed by atoms with Crippen molar-refractivity contribution in [3.8, 4) is 0 Å². The molecule has 126 valence electrons. The van der Waals surface area contributed by atoms with Gasteiger partial charge >= 0.3 is 6.03 Å². The summed E-state index contributed by atoms with van der Waals surface area (Å²) in [5.74, 6) is 0. The predicted octanol–water partition coefficient (Wildman–Crippen LogP) is 2.01. The van der Waals surface area contributed by atoms with E-state index in [1.807, 2.05) is 6.07 Å². The van der Waals surface area contributed by atoms with Crippen LogP contribution in [0.2, 0.25) is 0 Å². The van der Waals surface area contributed by atoms with E-state index in [1.54, 1.807) is 17.5 Å². The first-order valence-corrected chi connectivity index (χ1v) is 8.75. The molecule has 0 atom stereocenters. The van der Waals surface area contributed by atoms with E-state index >= 15 is 0 Å². The highest BCUT2D eigenvalue weighted by atomic mass is 32.1. The molecule has 2 aliphatic heterocycles. The van der Waals surface area contributed by atoms with Gasteiger partial charge < -0.3 is 20.1 Å². The lowest BCUT2D eigenvalue weighted by molar-refractivity contribution is 0.109. The second kappa shape index (κ2) is 6.84. The van der Waals surface area contributed by atoms with E-state index in [4.69, 9.17) is 9.47 Å². The van der Waals surface area contributed by atoms with E-state index in [0.717, 1.165) is 46.3 Å². The summed E-state index contributed by atoms with van der Waals surface area (Å²) < 4.78 is 10.8. The first-order chi connectivity index (χ1) is 11.8. The number of fused-ring (bicyclic) bond motifs is 2. The molecule has 8 heteroatoms. The smallest absolute Gasteiger partial charge is 0.319 e. The van der Waals surface area contributed by atoms with Crippen LogP contribution in [0, 0.1) is 0 Å². The Balaban J connectivity index is 1.34. The highest BCUT2D eigenvalue weighted by Crippen LogP contribution is 2.23. The average Bonchev–Trinajstić information content (AvgIpc) is 3.03. The topological polar surface area (TPSA) is 85.4 Å². The monoisotopic (exact) mass is 346 g/mol. The normalized spacial score (nSPS) is 16.2. The summed E-state index contributed by atoms with van der Waals surface area (Å²) >= 11 is 1.59. The number of hydrogen-bond donors (Lipinski definition) is 2. The molecular weight excluding hydrogens is 328 g/mol. The molecule has 4 heterocycles. The molecule has 2 N–H and O–H groups in total. The minimum atomic E-state index is -0.266. The second-order valence-electron chi connectivity index (χ2n) is 5.72. The van der Waals surface area contributed by atoms with Crippen molar-refractivity contribution in [2.75, 3.05) is 18.5 Å². The van der Waals surface area contributed by atoms with Crippen LogP contribution in [0.25, 0.3) is 0 Å². The van der Waals surface area contributed by atoms with Crippen LogP contribution in [-0.2, 0) is 42.1 Å². The molecule has 0 aliphatic carbocycles. The van der Waals surface area contributed by atoms with Crippen LogP contribution in [0.4, 0.5) is 10.5 Å². The fourth-order valence-electron chi connectivity index (χ4n) is 2.79. The van der Waals surface area contributed by atoms with Crippen molar-refractivity contribution in [1.29, 1.82) is 0 Å². The Morgan fingerprint density at radius 3 is 2.92 bits per heavy atom. The van der Waals surface area contributed by atoms with Crippen LogP contribution in [-0.4, -0.2) is 29.2 Å². The summed E-state index contributed by atoms with van der Waals surface area (Å²) in [5, 5.41) is 6.54. The number of pyridine rings is 1. The van der Waals surface area contributed by atoms with Crippen molar-refractivity contribution < 1.29 is 14.3 Å². The molecule has 0 aromatic carbocycles. The summed E-state index contributed by atoms with van der Waals surface area (Å²) in [4.78, 5) is 22.2. The highest BCUT2D eigenvalue weighted by molar-refractivity contribution is 7.11. The lowest BCUT2D eigenvalue weighted by Crippen LogP contribution is -2.28. The third-order valence-corrected chi connectivity index (χ3v) is 5.07. The van der Waals surface area contributed by atoms with Gasteiger partial charge in [-0.1, -0.05) is 0 Å². The lowest BCUT2D eigenvalue weighted by Gasteiger charge is -2.16. The molecule has 4 rings (SSSR count). The predicted molar refractivity (Wildman–Crippen MR) is 88.9 cm³/mol. The van der Waals surface area contributed by atoms with Gasteiger partial charge in [0, 0.05) is 24.1 Å². The molecule has 0 radical (unpaired) electrons. The largest absolute Gasteiger partial charge is 0.376 e. The number of aromatic nitrogens is 2.